The summed E-state index contributed by atoms with van der Waals surface area (Å²) in [7, 11) is 0. The number of hydrogen-bond donors (Lipinski definition) is 1. The molecule has 0 atom stereocenters. The first kappa shape index (κ1) is 29.8. The van der Waals surface area contributed by atoms with Crippen molar-refractivity contribution in [3.05, 3.63) is 195 Å². The predicted octanol–water partition coefficient (Wildman–Crippen LogP) is 11.2. The normalized spacial score (nSPS) is 13.0. The van der Waals surface area contributed by atoms with Crippen molar-refractivity contribution in [3.63, 3.8) is 0 Å². The van der Waals surface area contributed by atoms with E-state index in [0.717, 1.165) is 27.8 Å². The van der Waals surface area contributed by atoms with Crippen LogP contribution in [0.15, 0.2) is 133 Å². The number of phenolic OH excluding ortho intramolecular Hbond substituents is 1. The minimum absolute atomic E-state index is 0.0831. The standard InChI is InChI=1S/C45H42O/c1-29-15-21-32(22-16-29)45(33-23-17-30(2)18-24-33,34-25-19-31(3)20-26-34)41-28-35(44(4,5)6)27-40(43(41)46)42-38-13-9-7-11-36(38)37-12-8-10-14-39(37)42/h7-28,42,46H,1-6H3. The van der Waals surface area contributed by atoms with Gasteiger partial charge in [0.25, 0.3) is 0 Å². The molecule has 0 saturated carbocycles. The summed E-state index contributed by atoms with van der Waals surface area (Å²) in [5.41, 5.74) is 14.1. The van der Waals surface area contributed by atoms with Gasteiger partial charge in [-0.3, -0.25) is 0 Å². The second-order valence-electron chi connectivity index (χ2n) is 14.2. The van der Waals surface area contributed by atoms with E-state index in [1.807, 2.05) is 0 Å². The molecule has 0 spiro atoms. The van der Waals surface area contributed by atoms with Crippen LogP contribution in [-0.2, 0) is 10.8 Å². The summed E-state index contributed by atoms with van der Waals surface area (Å²) in [5, 5.41) is 13.0. The third-order valence-electron chi connectivity index (χ3n) is 10.0. The lowest BCUT2D eigenvalue weighted by molar-refractivity contribution is 0.450. The van der Waals surface area contributed by atoms with E-state index in [9.17, 15) is 5.11 Å². The minimum Gasteiger partial charge on any atom is -0.507 e. The largest absolute Gasteiger partial charge is 0.507 e. The van der Waals surface area contributed by atoms with Gasteiger partial charge in [0.1, 0.15) is 5.75 Å². The summed E-state index contributed by atoms with van der Waals surface area (Å²) in [6.07, 6.45) is 0. The molecule has 7 rings (SSSR count). The molecule has 46 heavy (non-hydrogen) atoms. The second-order valence-corrected chi connectivity index (χ2v) is 14.2. The molecular weight excluding hydrogens is 556 g/mol. The Morgan fingerprint density at radius 2 is 0.848 bits per heavy atom. The van der Waals surface area contributed by atoms with Crippen LogP contribution in [0, 0.1) is 20.8 Å². The number of fused-ring (bicyclic) bond motifs is 3. The number of benzene rings is 6. The first-order valence-electron chi connectivity index (χ1n) is 16.4. The van der Waals surface area contributed by atoms with Crippen molar-refractivity contribution in [2.24, 2.45) is 0 Å². The number of aromatic hydroxyl groups is 1. The quantitative estimate of drug-likeness (QED) is 0.195. The highest BCUT2D eigenvalue weighted by Crippen LogP contribution is 2.55. The fourth-order valence-corrected chi connectivity index (χ4v) is 7.46. The summed E-state index contributed by atoms with van der Waals surface area (Å²) in [4.78, 5) is 0. The molecule has 0 fully saturated rings. The molecule has 228 valence electrons. The lowest BCUT2D eigenvalue weighted by atomic mass is 9.63. The van der Waals surface area contributed by atoms with Gasteiger partial charge in [-0.2, -0.15) is 0 Å². The van der Waals surface area contributed by atoms with Crippen molar-refractivity contribution >= 4 is 0 Å². The van der Waals surface area contributed by atoms with Crippen LogP contribution in [-0.4, -0.2) is 5.11 Å². The van der Waals surface area contributed by atoms with E-state index in [2.05, 4.69) is 175 Å². The summed E-state index contributed by atoms with van der Waals surface area (Å²) in [6, 6.07) is 48.6. The van der Waals surface area contributed by atoms with Gasteiger partial charge >= 0.3 is 0 Å². The first-order chi connectivity index (χ1) is 22.1. The molecule has 6 aromatic rings. The molecule has 1 aliphatic rings. The summed E-state index contributed by atoms with van der Waals surface area (Å²) in [5.74, 6) is 0.270. The molecule has 0 amide bonds. The van der Waals surface area contributed by atoms with Crippen LogP contribution in [0.3, 0.4) is 0 Å². The molecule has 1 N–H and O–H groups in total. The second kappa shape index (κ2) is 11.2. The van der Waals surface area contributed by atoms with Gasteiger partial charge in [0.15, 0.2) is 0 Å². The third-order valence-corrected chi connectivity index (χ3v) is 10.0. The Bertz CT molecular complexity index is 1880. The van der Waals surface area contributed by atoms with Crippen molar-refractivity contribution in [1.82, 2.24) is 0 Å². The molecule has 0 aliphatic heterocycles. The molecule has 0 heterocycles. The molecule has 1 heteroatoms. The van der Waals surface area contributed by atoms with Gasteiger partial charge in [-0.15, -0.1) is 0 Å². The van der Waals surface area contributed by atoms with Gasteiger partial charge in [-0.1, -0.05) is 165 Å². The number of phenols is 1. The van der Waals surface area contributed by atoms with Crippen LogP contribution in [0.2, 0.25) is 0 Å². The Morgan fingerprint density at radius 1 is 0.457 bits per heavy atom. The topological polar surface area (TPSA) is 20.2 Å². The van der Waals surface area contributed by atoms with E-state index in [4.69, 9.17) is 0 Å². The van der Waals surface area contributed by atoms with Crippen molar-refractivity contribution in [2.45, 2.75) is 58.3 Å². The minimum atomic E-state index is -0.771. The predicted molar refractivity (Wildman–Crippen MR) is 192 cm³/mol. The highest BCUT2D eigenvalue weighted by atomic mass is 16.3. The Morgan fingerprint density at radius 3 is 1.24 bits per heavy atom. The van der Waals surface area contributed by atoms with E-state index >= 15 is 0 Å². The van der Waals surface area contributed by atoms with E-state index in [1.54, 1.807) is 0 Å². The lowest BCUT2D eigenvalue weighted by Gasteiger charge is -2.39. The van der Waals surface area contributed by atoms with Crippen LogP contribution in [0.1, 0.15) is 87.9 Å². The van der Waals surface area contributed by atoms with Gasteiger partial charge in [0, 0.05) is 17.0 Å². The average molecular weight is 599 g/mol. The van der Waals surface area contributed by atoms with Crippen LogP contribution < -0.4 is 0 Å². The van der Waals surface area contributed by atoms with Crippen LogP contribution >= 0.6 is 0 Å². The Kier molecular flexibility index (Phi) is 7.24. The molecule has 0 aromatic heterocycles. The molecule has 0 bridgehead atoms. The van der Waals surface area contributed by atoms with E-state index in [1.165, 1.54) is 44.5 Å². The zero-order chi connectivity index (χ0) is 32.2. The zero-order valence-corrected chi connectivity index (χ0v) is 27.7. The molecular formula is C45H42O. The zero-order valence-electron chi connectivity index (χ0n) is 27.7. The van der Waals surface area contributed by atoms with Crippen molar-refractivity contribution in [2.75, 3.05) is 0 Å². The van der Waals surface area contributed by atoms with Gasteiger partial charge in [-0.25, -0.2) is 0 Å². The van der Waals surface area contributed by atoms with Crippen LogP contribution in [0.4, 0.5) is 0 Å². The number of aryl methyl sites for hydroxylation is 3. The summed E-state index contributed by atoms with van der Waals surface area (Å²) >= 11 is 0. The van der Waals surface area contributed by atoms with Crippen molar-refractivity contribution < 1.29 is 5.11 Å². The Labute approximate surface area is 274 Å². The molecule has 0 saturated heterocycles. The monoisotopic (exact) mass is 598 g/mol. The van der Waals surface area contributed by atoms with E-state index in [0.29, 0.717) is 5.75 Å². The Hall–Kier alpha value is -4.88. The van der Waals surface area contributed by atoms with Gasteiger partial charge in [0.2, 0.25) is 0 Å². The molecule has 6 aromatic carbocycles. The number of hydrogen-bond acceptors (Lipinski definition) is 1. The summed E-state index contributed by atoms with van der Waals surface area (Å²) < 4.78 is 0. The van der Waals surface area contributed by atoms with Crippen molar-refractivity contribution in [3.8, 4) is 16.9 Å². The molecule has 0 radical (unpaired) electrons. The maximum atomic E-state index is 13.0. The smallest absolute Gasteiger partial charge is 0.124 e. The van der Waals surface area contributed by atoms with Gasteiger partial charge in [-0.05, 0) is 76.8 Å². The lowest BCUT2D eigenvalue weighted by Crippen LogP contribution is -2.32. The SMILES string of the molecule is Cc1ccc(C(c2ccc(C)cc2)(c2ccc(C)cc2)c2cc(C(C)(C)C)cc(C3c4ccccc4-c4ccccc43)c2O)cc1. The van der Waals surface area contributed by atoms with E-state index in [-0.39, 0.29) is 11.3 Å². The van der Waals surface area contributed by atoms with Crippen LogP contribution in [0.25, 0.3) is 11.1 Å². The number of rotatable bonds is 5. The summed E-state index contributed by atoms with van der Waals surface area (Å²) in [6.45, 7) is 13.2. The highest BCUT2D eigenvalue weighted by Gasteiger charge is 2.43. The fourth-order valence-electron chi connectivity index (χ4n) is 7.46. The van der Waals surface area contributed by atoms with Gasteiger partial charge < -0.3 is 5.11 Å². The molecule has 0 unspecified atom stereocenters. The van der Waals surface area contributed by atoms with Crippen LogP contribution in [0.5, 0.6) is 5.75 Å². The fraction of sp³-hybridized carbons (Fsp3) is 0.200. The Balaban J connectivity index is 1.64. The average Bonchev–Trinajstić information content (AvgIpc) is 3.38. The highest BCUT2D eigenvalue weighted by molar-refractivity contribution is 5.82. The molecule has 1 nitrogen and oxygen atoms in total. The van der Waals surface area contributed by atoms with E-state index < -0.39 is 5.41 Å². The maximum absolute atomic E-state index is 13.0. The first-order valence-corrected chi connectivity index (χ1v) is 16.4. The third kappa shape index (κ3) is 4.77. The van der Waals surface area contributed by atoms with Crippen molar-refractivity contribution in [1.29, 1.82) is 0 Å². The maximum Gasteiger partial charge on any atom is 0.124 e. The van der Waals surface area contributed by atoms with Gasteiger partial charge in [0.05, 0.1) is 5.41 Å². The molecule has 1 aliphatic carbocycles.